The highest BCUT2D eigenvalue weighted by molar-refractivity contribution is 5.80. The van der Waals surface area contributed by atoms with Crippen LogP contribution in [0.3, 0.4) is 0 Å². The van der Waals surface area contributed by atoms with Gasteiger partial charge in [-0.15, -0.1) is 0 Å². The van der Waals surface area contributed by atoms with Gasteiger partial charge in [-0.1, -0.05) is 30.3 Å². The highest BCUT2D eigenvalue weighted by Gasteiger charge is 2.49. The van der Waals surface area contributed by atoms with Crippen molar-refractivity contribution in [1.29, 1.82) is 0 Å². The predicted molar refractivity (Wildman–Crippen MR) is 61.1 cm³/mol. The Hall–Kier alpha value is -2.08. The molecule has 1 aliphatic heterocycles. The fourth-order valence-electron chi connectivity index (χ4n) is 2.27. The molecule has 2 rings (SSSR count). The number of benzene rings is 1. The molecule has 1 aliphatic rings. The molecule has 96 valence electrons. The minimum absolute atomic E-state index is 0.140. The topological polar surface area (TPSA) is 98.1 Å². The van der Waals surface area contributed by atoms with Crippen molar-refractivity contribution in [3.8, 4) is 0 Å². The number of carboxylic acid groups (broad SMARTS) is 2. The van der Waals surface area contributed by atoms with Crippen LogP contribution in [0.15, 0.2) is 30.3 Å². The van der Waals surface area contributed by atoms with Gasteiger partial charge in [-0.25, -0.2) is 9.59 Å². The molecule has 3 N–H and O–H groups in total. The Kier molecular flexibility index (Phi) is 2.96. The van der Waals surface area contributed by atoms with Gasteiger partial charge in [0.1, 0.15) is 11.6 Å². The van der Waals surface area contributed by atoms with Crippen molar-refractivity contribution in [3.05, 3.63) is 35.9 Å². The van der Waals surface area contributed by atoms with E-state index in [4.69, 9.17) is 10.2 Å². The van der Waals surface area contributed by atoms with Gasteiger partial charge in [0, 0.05) is 6.42 Å². The van der Waals surface area contributed by atoms with E-state index in [1.165, 1.54) is 0 Å². The van der Waals surface area contributed by atoms with Crippen LogP contribution in [0.5, 0.6) is 0 Å². The number of rotatable bonds is 2. The number of aliphatic hydroxyl groups is 1. The van der Waals surface area contributed by atoms with Crippen LogP contribution in [0, 0.1) is 0 Å². The Balaban J connectivity index is 2.33. The Bertz CT molecular complexity index is 451. The molecule has 0 saturated carbocycles. The van der Waals surface area contributed by atoms with Crippen molar-refractivity contribution in [1.82, 2.24) is 4.90 Å². The standard InChI is InChI=1S/C12H13NO5/c14-10(15)9-6-12(18,7-13(9)11(16)17)8-4-2-1-3-5-8/h1-5,9,18H,6-7H2,(H,14,15)(H,16,17)/t9-,12?/m0/s1. The van der Waals surface area contributed by atoms with Gasteiger partial charge in [-0.05, 0) is 5.56 Å². The van der Waals surface area contributed by atoms with E-state index >= 15 is 0 Å². The maximum absolute atomic E-state index is 11.0. The maximum atomic E-state index is 11.0. The minimum atomic E-state index is -1.44. The van der Waals surface area contributed by atoms with E-state index in [9.17, 15) is 14.7 Å². The van der Waals surface area contributed by atoms with Crippen molar-refractivity contribution in [2.75, 3.05) is 6.54 Å². The van der Waals surface area contributed by atoms with Gasteiger partial charge >= 0.3 is 12.1 Å². The summed E-state index contributed by atoms with van der Waals surface area (Å²) in [6.07, 6.45) is -1.48. The highest BCUT2D eigenvalue weighted by atomic mass is 16.4. The number of aliphatic carboxylic acids is 1. The molecule has 2 atom stereocenters. The number of amides is 1. The van der Waals surface area contributed by atoms with Crippen molar-refractivity contribution in [2.45, 2.75) is 18.1 Å². The smallest absolute Gasteiger partial charge is 0.408 e. The van der Waals surface area contributed by atoms with Gasteiger partial charge in [0.05, 0.1) is 6.54 Å². The highest BCUT2D eigenvalue weighted by Crippen LogP contribution is 2.35. The lowest BCUT2D eigenvalue weighted by atomic mass is 9.91. The average molecular weight is 251 g/mol. The third-order valence-electron chi connectivity index (χ3n) is 3.18. The Morgan fingerprint density at radius 2 is 1.83 bits per heavy atom. The monoisotopic (exact) mass is 251 g/mol. The van der Waals surface area contributed by atoms with Crippen LogP contribution >= 0.6 is 0 Å². The first kappa shape index (κ1) is 12.4. The van der Waals surface area contributed by atoms with E-state index in [2.05, 4.69) is 0 Å². The average Bonchev–Trinajstić information content (AvgIpc) is 2.70. The Labute approximate surface area is 103 Å². The largest absolute Gasteiger partial charge is 0.480 e. The van der Waals surface area contributed by atoms with Crippen LogP contribution in [-0.2, 0) is 10.4 Å². The molecule has 1 saturated heterocycles. The van der Waals surface area contributed by atoms with Crippen molar-refractivity contribution < 1.29 is 24.9 Å². The summed E-state index contributed by atoms with van der Waals surface area (Å²) in [5.41, 5.74) is -0.914. The number of carboxylic acids is 1. The molecular weight excluding hydrogens is 238 g/mol. The molecule has 0 aliphatic carbocycles. The molecule has 1 heterocycles. The van der Waals surface area contributed by atoms with E-state index in [1.807, 2.05) is 0 Å². The molecule has 18 heavy (non-hydrogen) atoms. The summed E-state index contributed by atoms with van der Waals surface area (Å²) >= 11 is 0. The maximum Gasteiger partial charge on any atom is 0.408 e. The van der Waals surface area contributed by atoms with Crippen LogP contribution in [0.2, 0.25) is 0 Å². The Morgan fingerprint density at radius 3 is 2.28 bits per heavy atom. The molecule has 1 amide bonds. The SMILES string of the molecule is O=C(O)[C@@H]1CC(O)(c2ccccc2)CN1C(=O)O. The van der Waals surface area contributed by atoms with Crippen LogP contribution in [0.4, 0.5) is 4.79 Å². The second kappa shape index (κ2) is 4.30. The third kappa shape index (κ3) is 2.02. The van der Waals surface area contributed by atoms with Crippen molar-refractivity contribution in [2.24, 2.45) is 0 Å². The first-order valence-electron chi connectivity index (χ1n) is 5.44. The normalized spacial score (nSPS) is 27.2. The van der Waals surface area contributed by atoms with Gasteiger partial charge in [-0.3, -0.25) is 4.90 Å². The number of likely N-dealkylation sites (tertiary alicyclic amines) is 1. The number of nitrogens with zero attached hydrogens (tertiary/aromatic N) is 1. The van der Waals surface area contributed by atoms with E-state index in [0.29, 0.717) is 5.56 Å². The van der Waals surface area contributed by atoms with Gasteiger partial charge < -0.3 is 15.3 Å². The van der Waals surface area contributed by atoms with Crippen LogP contribution in [0.25, 0.3) is 0 Å². The molecule has 6 nitrogen and oxygen atoms in total. The molecular formula is C12H13NO5. The summed E-state index contributed by atoms with van der Waals surface area (Å²) in [6.45, 7) is -0.233. The minimum Gasteiger partial charge on any atom is -0.480 e. The molecule has 0 radical (unpaired) electrons. The number of hydrogen-bond acceptors (Lipinski definition) is 3. The zero-order valence-electron chi connectivity index (χ0n) is 9.48. The molecule has 1 fully saturated rings. The molecule has 6 heteroatoms. The fraction of sp³-hybridized carbons (Fsp3) is 0.333. The summed E-state index contributed by atoms with van der Waals surface area (Å²) in [5.74, 6) is -1.25. The predicted octanol–water partition coefficient (Wildman–Crippen LogP) is 0.711. The molecule has 0 spiro atoms. The summed E-state index contributed by atoms with van der Waals surface area (Å²) in [6, 6.07) is 7.30. The molecule has 0 aromatic heterocycles. The quantitative estimate of drug-likeness (QED) is 0.719. The first-order valence-corrected chi connectivity index (χ1v) is 5.44. The lowest BCUT2D eigenvalue weighted by molar-refractivity contribution is -0.141. The number of hydrogen-bond donors (Lipinski definition) is 3. The second-order valence-electron chi connectivity index (χ2n) is 4.37. The number of β-amino-alcohol motifs (C(OH)–C–C–N with tert-alkyl or cyclic N) is 1. The van der Waals surface area contributed by atoms with Crippen LogP contribution in [-0.4, -0.2) is 44.9 Å². The lowest BCUT2D eigenvalue weighted by Gasteiger charge is -2.22. The van der Waals surface area contributed by atoms with E-state index in [0.717, 1.165) is 4.90 Å². The zero-order chi connectivity index (χ0) is 13.3. The molecule has 1 unspecified atom stereocenters. The zero-order valence-corrected chi connectivity index (χ0v) is 9.48. The van der Waals surface area contributed by atoms with E-state index in [1.54, 1.807) is 30.3 Å². The van der Waals surface area contributed by atoms with Gasteiger partial charge in [0.15, 0.2) is 0 Å². The molecule has 0 bridgehead atoms. The summed E-state index contributed by atoms with van der Waals surface area (Å²) in [5, 5.41) is 28.4. The summed E-state index contributed by atoms with van der Waals surface area (Å²) in [7, 11) is 0. The van der Waals surface area contributed by atoms with Crippen LogP contribution in [0.1, 0.15) is 12.0 Å². The Morgan fingerprint density at radius 1 is 1.22 bits per heavy atom. The van der Waals surface area contributed by atoms with E-state index in [-0.39, 0.29) is 13.0 Å². The summed E-state index contributed by atoms with van der Waals surface area (Å²) in [4.78, 5) is 22.8. The van der Waals surface area contributed by atoms with Crippen molar-refractivity contribution in [3.63, 3.8) is 0 Å². The first-order chi connectivity index (χ1) is 8.44. The van der Waals surface area contributed by atoms with Gasteiger partial charge in [0.25, 0.3) is 0 Å². The summed E-state index contributed by atoms with van der Waals surface area (Å²) < 4.78 is 0. The van der Waals surface area contributed by atoms with Crippen molar-refractivity contribution >= 4 is 12.1 Å². The fourth-order valence-corrected chi connectivity index (χ4v) is 2.27. The third-order valence-corrected chi connectivity index (χ3v) is 3.18. The molecule has 1 aromatic rings. The van der Waals surface area contributed by atoms with Crippen LogP contribution < -0.4 is 0 Å². The molecule has 1 aromatic carbocycles. The van der Waals surface area contributed by atoms with Gasteiger partial charge in [-0.2, -0.15) is 0 Å². The number of carbonyl (C=O) groups is 2. The lowest BCUT2D eigenvalue weighted by Crippen LogP contribution is -2.40. The second-order valence-corrected chi connectivity index (χ2v) is 4.37. The van der Waals surface area contributed by atoms with Gasteiger partial charge in [0.2, 0.25) is 0 Å². The van der Waals surface area contributed by atoms with E-state index < -0.39 is 23.7 Å².